The third kappa shape index (κ3) is 1.79. The van der Waals surface area contributed by atoms with Crippen LogP contribution in [0.1, 0.15) is 10.4 Å². The number of methoxy groups -OCH3 is 2. The molecule has 0 aliphatic carbocycles. The molecule has 18 heavy (non-hydrogen) atoms. The monoisotopic (exact) mass is 248 g/mol. The largest absolute Gasteiger partial charge is 0.507 e. The van der Waals surface area contributed by atoms with Crippen LogP contribution in [-0.4, -0.2) is 30.4 Å². The van der Waals surface area contributed by atoms with E-state index in [2.05, 4.69) is 0 Å². The molecule has 0 bridgehead atoms. The third-order valence-electron chi connectivity index (χ3n) is 2.72. The van der Waals surface area contributed by atoms with Gasteiger partial charge < -0.3 is 19.7 Å². The number of carbonyl (C=O) groups is 1. The summed E-state index contributed by atoms with van der Waals surface area (Å²) in [6.07, 6.45) is 0. The SMILES string of the molecule is COc1ccc(OC)c2cc(C(=O)O)c(O)cc12. The smallest absolute Gasteiger partial charge is 0.339 e. The molecule has 5 nitrogen and oxygen atoms in total. The molecule has 0 saturated carbocycles. The number of aromatic hydroxyl groups is 1. The molecule has 0 radical (unpaired) electrons. The average molecular weight is 248 g/mol. The molecule has 2 N–H and O–H groups in total. The van der Waals surface area contributed by atoms with Crippen molar-refractivity contribution < 1.29 is 24.5 Å². The molecule has 0 saturated heterocycles. The highest BCUT2D eigenvalue weighted by Gasteiger charge is 2.15. The number of benzene rings is 2. The molecular formula is C13H12O5. The zero-order valence-electron chi connectivity index (χ0n) is 9.93. The van der Waals surface area contributed by atoms with Gasteiger partial charge >= 0.3 is 5.97 Å². The first-order chi connectivity index (χ1) is 8.58. The number of hydrogen-bond acceptors (Lipinski definition) is 4. The number of hydrogen-bond donors (Lipinski definition) is 2. The Kier molecular flexibility index (Phi) is 2.97. The molecule has 0 heterocycles. The van der Waals surface area contributed by atoms with Gasteiger partial charge in [0, 0.05) is 10.8 Å². The minimum Gasteiger partial charge on any atom is -0.507 e. The highest BCUT2D eigenvalue weighted by atomic mass is 16.5. The van der Waals surface area contributed by atoms with Gasteiger partial charge in [-0.05, 0) is 24.3 Å². The van der Waals surface area contributed by atoms with E-state index in [1.165, 1.54) is 26.4 Å². The number of rotatable bonds is 3. The Morgan fingerprint density at radius 3 is 2.00 bits per heavy atom. The highest BCUT2D eigenvalue weighted by Crippen LogP contribution is 2.36. The molecule has 0 fully saturated rings. The van der Waals surface area contributed by atoms with E-state index in [0.717, 1.165) is 0 Å². The summed E-state index contributed by atoms with van der Waals surface area (Å²) in [7, 11) is 3.00. The fourth-order valence-electron chi connectivity index (χ4n) is 1.85. The summed E-state index contributed by atoms with van der Waals surface area (Å²) in [4.78, 5) is 11.0. The van der Waals surface area contributed by atoms with Crippen LogP contribution >= 0.6 is 0 Å². The van der Waals surface area contributed by atoms with Gasteiger partial charge in [-0.3, -0.25) is 0 Å². The van der Waals surface area contributed by atoms with Crippen LogP contribution in [-0.2, 0) is 0 Å². The van der Waals surface area contributed by atoms with Crippen LogP contribution in [0.4, 0.5) is 0 Å². The van der Waals surface area contributed by atoms with Crippen molar-refractivity contribution in [1.29, 1.82) is 0 Å². The zero-order chi connectivity index (χ0) is 13.3. The Hall–Kier alpha value is -2.43. The van der Waals surface area contributed by atoms with Gasteiger partial charge in [0.05, 0.1) is 14.2 Å². The minimum atomic E-state index is -1.20. The van der Waals surface area contributed by atoms with Crippen molar-refractivity contribution in [3.63, 3.8) is 0 Å². The predicted molar refractivity (Wildman–Crippen MR) is 65.7 cm³/mol. The van der Waals surface area contributed by atoms with E-state index in [1.54, 1.807) is 12.1 Å². The lowest BCUT2D eigenvalue weighted by Gasteiger charge is -2.11. The Morgan fingerprint density at radius 2 is 1.56 bits per heavy atom. The van der Waals surface area contributed by atoms with E-state index in [0.29, 0.717) is 22.3 Å². The number of carboxylic acid groups (broad SMARTS) is 1. The lowest BCUT2D eigenvalue weighted by molar-refractivity contribution is 0.0694. The minimum absolute atomic E-state index is 0.172. The first-order valence-corrected chi connectivity index (χ1v) is 5.19. The standard InChI is InChI=1S/C13H12O5/c1-17-11-3-4-12(18-2)8-6-10(14)9(13(15)16)5-7(8)11/h3-6,14H,1-2H3,(H,15,16). The van der Waals surface area contributed by atoms with Crippen molar-refractivity contribution >= 4 is 16.7 Å². The zero-order valence-corrected chi connectivity index (χ0v) is 9.93. The molecule has 2 aromatic carbocycles. The highest BCUT2D eigenvalue weighted by molar-refractivity contribution is 6.01. The van der Waals surface area contributed by atoms with Gasteiger partial charge in [-0.2, -0.15) is 0 Å². The molecule has 0 spiro atoms. The Balaban J connectivity index is 2.85. The number of fused-ring (bicyclic) bond motifs is 1. The van der Waals surface area contributed by atoms with Crippen LogP contribution in [0.25, 0.3) is 10.8 Å². The quantitative estimate of drug-likeness (QED) is 0.871. The second-order valence-corrected chi connectivity index (χ2v) is 3.69. The van der Waals surface area contributed by atoms with Crippen LogP contribution in [0.3, 0.4) is 0 Å². The predicted octanol–water partition coefficient (Wildman–Crippen LogP) is 2.26. The summed E-state index contributed by atoms with van der Waals surface area (Å²) < 4.78 is 10.3. The second kappa shape index (κ2) is 4.44. The fourth-order valence-corrected chi connectivity index (χ4v) is 1.85. The van der Waals surface area contributed by atoms with Gasteiger partial charge in [-0.15, -0.1) is 0 Å². The molecule has 0 aliphatic heterocycles. The van der Waals surface area contributed by atoms with Crippen LogP contribution in [0.5, 0.6) is 17.2 Å². The Morgan fingerprint density at radius 1 is 1.06 bits per heavy atom. The number of ether oxygens (including phenoxy) is 2. The molecule has 2 aromatic rings. The first-order valence-electron chi connectivity index (χ1n) is 5.19. The molecule has 0 aliphatic rings. The molecule has 94 valence electrons. The van der Waals surface area contributed by atoms with E-state index in [-0.39, 0.29) is 11.3 Å². The summed E-state index contributed by atoms with van der Waals surface area (Å²) >= 11 is 0. The summed E-state index contributed by atoms with van der Waals surface area (Å²) in [6, 6.07) is 6.11. The van der Waals surface area contributed by atoms with Crippen LogP contribution in [0.2, 0.25) is 0 Å². The average Bonchev–Trinajstić information content (AvgIpc) is 2.36. The Labute approximate surface area is 103 Å². The summed E-state index contributed by atoms with van der Waals surface area (Å²) in [5.41, 5.74) is -0.172. The molecular weight excluding hydrogens is 236 g/mol. The number of carboxylic acids is 1. The van der Waals surface area contributed by atoms with Crippen molar-refractivity contribution in [2.75, 3.05) is 14.2 Å². The molecule has 0 atom stereocenters. The van der Waals surface area contributed by atoms with E-state index in [9.17, 15) is 9.90 Å². The first kappa shape index (κ1) is 12.0. The normalized spacial score (nSPS) is 10.3. The van der Waals surface area contributed by atoms with Gasteiger partial charge in [-0.25, -0.2) is 4.79 Å². The molecule has 2 rings (SSSR count). The Bertz CT molecular complexity index is 618. The van der Waals surface area contributed by atoms with Crippen LogP contribution < -0.4 is 9.47 Å². The van der Waals surface area contributed by atoms with Gasteiger partial charge in [-0.1, -0.05) is 0 Å². The van der Waals surface area contributed by atoms with E-state index < -0.39 is 5.97 Å². The molecule has 0 aromatic heterocycles. The van der Waals surface area contributed by atoms with Crippen LogP contribution in [0, 0.1) is 0 Å². The van der Waals surface area contributed by atoms with Crippen LogP contribution in [0.15, 0.2) is 24.3 Å². The lowest BCUT2D eigenvalue weighted by Crippen LogP contribution is -1.98. The second-order valence-electron chi connectivity index (χ2n) is 3.69. The lowest BCUT2D eigenvalue weighted by atomic mass is 10.0. The number of phenols is 1. The topological polar surface area (TPSA) is 76.0 Å². The summed E-state index contributed by atoms with van der Waals surface area (Å²) in [6.45, 7) is 0. The van der Waals surface area contributed by atoms with Crippen molar-refractivity contribution in [2.24, 2.45) is 0 Å². The van der Waals surface area contributed by atoms with Gasteiger partial charge in [0.2, 0.25) is 0 Å². The molecule has 0 unspecified atom stereocenters. The summed E-state index contributed by atoms with van der Waals surface area (Å²) in [5.74, 6) is -0.438. The maximum atomic E-state index is 11.0. The molecule has 5 heteroatoms. The van der Waals surface area contributed by atoms with Crippen molar-refractivity contribution in [3.05, 3.63) is 29.8 Å². The van der Waals surface area contributed by atoms with Crippen molar-refractivity contribution in [2.45, 2.75) is 0 Å². The van der Waals surface area contributed by atoms with Crippen molar-refractivity contribution in [3.8, 4) is 17.2 Å². The number of aromatic carboxylic acids is 1. The van der Waals surface area contributed by atoms with E-state index in [1.807, 2.05) is 0 Å². The maximum Gasteiger partial charge on any atom is 0.339 e. The van der Waals surface area contributed by atoms with E-state index >= 15 is 0 Å². The molecule has 0 amide bonds. The van der Waals surface area contributed by atoms with Gasteiger partial charge in [0.1, 0.15) is 22.8 Å². The van der Waals surface area contributed by atoms with Crippen molar-refractivity contribution in [1.82, 2.24) is 0 Å². The van der Waals surface area contributed by atoms with E-state index in [4.69, 9.17) is 14.6 Å². The third-order valence-corrected chi connectivity index (χ3v) is 2.72. The fraction of sp³-hybridized carbons (Fsp3) is 0.154. The maximum absolute atomic E-state index is 11.0. The van der Waals surface area contributed by atoms with Gasteiger partial charge in [0.15, 0.2) is 0 Å². The summed E-state index contributed by atoms with van der Waals surface area (Å²) in [5, 5.41) is 19.8. The van der Waals surface area contributed by atoms with Gasteiger partial charge in [0.25, 0.3) is 0 Å².